The molecule has 0 aliphatic heterocycles. The molecule has 0 unspecified atom stereocenters. The molecular formula is C26H21BrN2O3. The van der Waals surface area contributed by atoms with Crippen molar-refractivity contribution in [2.45, 2.75) is 6.61 Å². The summed E-state index contributed by atoms with van der Waals surface area (Å²) in [6.07, 6.45) is 1.56. The molecule has 0 saturated heterocycles. The van der Waals surface area contributed by atoms with Crippen molar-refractivity contribution in [1.82, 2.24) is 5.43 Å². The molecule has 32 heavy (non-hydrogen) atoms. The molecule has 0 heterocycles. The molecule has 0 bridgehead atoms. The van der Waals surface area contributed by atoms with Crippen molar-refractivity contribution in [3.63, 3.8) is 0 Å². The second-order valence-corrected chi connectivity index (χ2v) is 7.96. The molecule has 4 aromatic rings. The van der Waals surface area contributed by atoms with E-state index in [1.807, 2.05) is 91.0 Å². The lowest BCUT2D eigenvalue weighted by atomic mass is 10.1. The average molecular weight is 489 g/mol. The van der Waals surface area contributed by atoms with E-state index < -0.39 is 0 Å². The molecule has 0 fully saturated rings. The van der Waals surface area contributed by atoms with Crippen LogP contribution in [0.15, 0.2) is 101 Å². The molecule has 0 atom stereocenters. The van der Waals surface area contributed by atoms with E-state index in [1.54, 1.807) is 6.21 Å². The Hall–Kier alpha value is -3.64. The molecule has 4 rings (SSSR count). The summed E-state index contributed by atoms with van der Waals surface area (Å²) in [5, 5.41) is 6.22. The van der Waals surface area contributed by atoms with Gasteiger partial charge in [-0.25, -0.2) is 5.43 Å². The van der Waals surface area contributed by atoms with E-state index in [4.69, 9.17) is 9.47 Å². The summed E-state index contributed by atoms with van der Waals surface area (Å²) in [5.41, 5.74) is 4.30. The first kappa shape index (κ1) is 21.6. The number of hydrazone groups is 1. The number of nitrogens with one attached hydrogen (secondary N) is 1. The molecule has 5 nitrogen and oxygen atoms in total. The fourth-order valence-corrected chi connectivity index (χ4v) is 3.57. The maximum atomic E-state index is 12.1. The van der Waals surface area contributed by atoms with Gasteiger partial charge in [0.2, 0.25) is 0 Å². The summed E-state index contributed by atoms with van der Waals surface area (Å²) in [6, 6.07) is 29.2. The van der Waals surface area contributed by atoms with E-state index in [0.717, 1.165) is 26.4 Å². The van der Waals surface area contributed by atoms with E-state index in [0.29, 0.717) is 18.1 Å². The minimum absolute atomic E-state index is 0.128. The van der Waals surface area contributed by atoms with E-state index >= 15 is 0 Å². The second-order valence-electron chi connectivity index (χ2n) is 7.05. The zero-order chi connectivity index (χ0) is 22.2. The normalized spacial score (nSPS) is 10.9. The fourth-order valence-electron chi connectivity index (χ4n) is 3.12. The van der Waals surface area contributed by atoms with E-state index in [2.05, 4.69) is 26.5 Å². The zero-order valence-corrected chi connectivity index (χ0v) is 18.8. The van der Waals surface area contributed by atoms with Crippen molar-refractivity contribution in [1.29, 1.82) is 0 Å². The number of fused-ring (bicyclic) bond motifs is 1. The quantitative estimate of drug-likeness (QED) is 0.255. The van der Waals surface area contributed by atoms with Crippen LogP contribution in [-0.2, 0) is 11.4 Å². The van der Waals surface area contributed by atoms with Gasteiger partial charge in [-0.15, -0.1) is 0 Å². The molecule has 0 aliphatic carbocycles. The van der Waals surface area contributed by atoms with Crippen LogP contribution in [0.5, 0.6) is 11.5 Å². The smallest absolute Gasteiger partial charge is 0.277 e. The first-order valence-electron chi connectivity index (χ1n) is 10.1. The van der Waals surface area contributed by atoms with E-state index in [9.17, 15) is 4.79 Å². The summed E-state index contributed by atoms with van der Waals surface area (Å²) >= 11 is 3.46. The first-order chi connectivity index (χ1) is 15.7. The highest BCUT2D eigenvalue weighted by atomic mass is 79.9. The summed E-state index contributed by atoms with van der Waals surface area (Å²) in [7, 11) is 0. The van der Waals surface area contributed by atoms with Crippen molar-refractivity contribution in [2.24, 2.45) is 5.10 Å². The number of halogens is 1. The summed E-state index contributed by atoms with van der Waals surface area (Å²) in [6.45, 7) is 0.299. The van der Waals surface area contributed by atoms with Crippen LogP contribution in [0.25, 0.3) is 10.8 Å². The number of nitrogens with zero attached hydrogens (tertiary/aromatic N) is 1. The number of rotatable bonds is 8. The third kappa shape index (κ3) is 5.95. The third-order valence-corrected chi connectivity index (χ3v) is 5.18. The number of carbonyl (C=O) groups excluding carboxylic acids is 1. The Labute approximate surface area is 194 Å². The number of amides is 1. The zero-order valence-electron chi connectivity index (χ0n) is 17.2. The summed E-state index contributed by atoms with van der Waals surface area (Å²) in [5.74, 6) is 0.967. The standard InChI is InChI=1S/C26H21BrN2O3/c27-23-10-5-6-19(14-23)17-32-25-11-4-3-9-22(25)16-28-29-26(30)18-31-24-13-12-20-7-1-2-8-21(20)15-24/h1-16H,17-18H2,(H,29,30)/b28-16+. The molecule has 0 aliphatic rings. The van der Waals surface area contributed by atoms with Gasteiger partial charge in [0.05, 0.1) is 6.21 Å². The molecule has 0 spiro atoms. The Balaban J connectivity index is 1.30. The lowest BCUT2D eigenvalue weighted by Crippen LogP contribution is -2.24. The van der Waals surface area contributed by atoms with Gasteiger partial charge in [-0.2, -0.15) is 5.10 Å². The lowest BCUT2D eigenvalue weighted by Gasteiger charge is -2.09. The number of hydrogen-bond acceptors (Lipinski definition) is 4. The summed E-state index contributed by atoms with van der Waals surface area (Å²) < 4.78 is 12.5. The second kappa shape index (κ2) is 10.6. The van der Waals surface area contributed by atoms with Gasteiger partial charge in [0.25, 0.3) is 5.91 Å². The topological polar surface area (TPSA) is 59.9 Å². The van der Waals surface area contributed by atoms with Gasteiger partial charge in [0.15, 0.2) is 6.61 Å². The van der Waals surface area contributed by atoms with Crippen LogP contribution in [-0.4, -0.2) is 18.7 Å². The Kier molecular flexibility index (Phi) is 7.15. The Morgan fingerprint density at radius 2 is 1.69 bits per heavy atom. The molecule has 1 N–H and O–H groups in total. The van der Waals surface area contributed by atoms with Crippen molar-refractivity contribution in [3.8, 4) is 11.5 Å². The van der Waals surface area contributed by atoms with E-state index in [-0.39, 0.29) is 12.5 Å². The van der Waals surface area contributed by atoms with Crippen LogP contribution in [0.1, 0.15) is 11.1 Å². The molecule has 4 aromatic carbocycles. The van der Waals surface area contributed by atoms with Gasteiger partial charge in [-0.05, 0) is 52.7 Å². The highest BCUT2D eigenvalue weighted by Gasteiger charge is 2.04. The molecule has 6 heteroatoms. The summed E-state index contributed by atoms with van der Waals surface area (Å²) in [4.78, 5) is 12.1. The molecule has 1 amide bonds. The van der Waals surface area contributed by atoms with Gasteiger partial charge in [-0.1, -0.05) is 70.5 Å². The monoisotopic (exact) mass is 488 g/mol. The van der Waals surface area contributed by atoms with Gasteiger partial charge in [-0.3, -0.25) is 4.79 Å². The maximum Gasteiger partial charge on any atom is 0.277 e. The van der Waals surface area contributed by atoms with Crippen molar-refractivity contribution >= 4 is 38.8 Å². The Bertz CT molecular complexity index is 1260. The van der Waals surface area contributed by atoms with Crippen LogP contribution in [0, 0.1) is 0 Å². The molecule has 0 radical (unpaired) electrons. The predicted molar refractivity (Wildman–Crippen MR) is 130 cm³/mol. The van der Waals surface area contributed by atoms with Crippen LogP contribution >= 0.6 is 15.9 Å². The number of carbonyl (C=O) groups is 1. The van der Waals surface area contributed by atoms with Crippen LogP contribution < -0.4 is 14.9 Å². The van der Waals surface area contributed by atoms with Crippen LogP contribution in [0.2, 0.25) is 0 Å². The van der Waals surface area contributed by atoms with E-state index in [1.165, 1.54) is 0 Å². The minimum Gasteiger partial charge on any atom is -0.488 e. The molecule has 160 valence electrons. The minimum atomic E-state index is -0.345. The van der Waals surface area contributed by atoms with Crippen LogP contribution in [0.3, 0.4) is 0 Å². The van der Waals surface area contributed by atoms with Crippen molar-refractivity contribution in [3.05, 3.63) is 107 Å². The molecular weight excluding hydrogens is 468 g/mol. The Morgan fingerprint density at radius 3 is 2.56 bits per heavy atom. The maximum absolute atomic E-state index is 12.1. The first-order valence-corrected chi connectivity index (χ1v) is 10.9. The number of benzene rings is 4. The molecule has 0 saturated carbocycles. The van der Waals surface area contributed by atoms with Crippen molar-refractivity contribution in [2.75, 3.05) is 6.61 Å². The van der Waals surface area contributed by atoms with Gasteiger partial charge in [0, 0.05) is 10.0 Å². The van der Waals surface area contributed by atoms with Gasteiger partial charge >= 0.3 is 0 Å². The third-order valence-electron chi connectivity index (χ3n) is 4.69. The number of ether oxygens (including phenoxy) is 2. The number of hydrogen-bond donors (Lipinski definition) is 1. The van der Waals surface area contributed by atoms with Gasteiger partial charge < -0.3 is 9.47 Å². The molecule has 0 aromatic heterocycles. The van der Waals surface area contributed by atoms with Gasteiger partial charge in [0.1, 0.15) is 18.1 Å². The SMILES string of the molecule is O=C(COc1ccc2ccccc2c1)N/N=C/c1ccccc1OCc1cccc(Br)c1. The van der Waals surface area contributed by atoms with Crippen molar-refractivity contribution < 1.29 is 14.3 Å². The number of para-hydroxylation sites is 1. The lowest BCUT2D eigenvalue weighted by molar-refractivity contribution is -0.123. The highest BCUT2D eigenvalue weighted by molar-refractivity contribution is 9.10. The Morgan fingerprint density at radius 1 is 0.875 bits per heavy atom. The predicted octanol–water partition coefficient (Wildman–Crippen LogP) is 5.71. The highest BCUT2D eigenvalue weighted by Crippen LogP contribution is 2.21. The largest absolute Gasteiger partial charge is 0.488 e. The average Bonchev–Trinajstić information content (AvgIpc) is 2.82. The van der Waals surface area contributed by atoms with Crippen LogP contribution in [0.4, 0.5) is 0 Å². The fraction of sp³-hybridized carbons (Fsp3) is 0.0769.